The number of thiophene rings is 1. The Labute approximate surface area is 110 Å². The molecule has 1 nitrogen and oxygen atoms in total. The van der Waals surface area contributed by atoms with E-state index in [0.29, 0.717) is 11.5 Å². The topological polar surface area (TPSA) is 12.0 Å². The first-order valence-corrected chi connectivity index (χ1v) is 7.83. The molecule has 1 saturated carbocycles. The molecule has 0 saturated heterocycles. The molecule has 1 aromatic heterocycles. The van der Waals surface area contributed by atoms with Crippen molar-refractivity contribution in [3.05, 3.63) is 21.9 Å². The molecule has 1 aliphatic carbocycles. The van der Waals surface area contributed by atoms with E-state index in [4.69, 9.17) is 0 Å². The molecule has 0 radical (unpaired) electrons. The van der Waals surface area contributed by atoms with Gasteiger partial charge in [0.25, 0.3) is 0 Å². The van der Waals surface area contributed by atoms with Crippen molar-refractivity contribution in [3.8, 4) is 0 Å². The van der Waals surface area contributed by atoms with Gasteiger partial charge in [-0.15, -0.1) is 11.3 Å². The lowest BCUT2D eigenvalue weighted by molar-refractivity contribution is 0.148. The average molecular weight is 251 g/mol. The van der Waals surface area contributed by atoms with E-state index in [1.807, 2.05) is 11.3 Å². The Kier molecular flexibility index (Phi) is 4.26. The van der Waals surface area contributed by atoms with E-state index in [2.05, 4.69) is 37.5 Å². The van der Waals surface area contributed by atoms with Crippen molar-refractivity contribution >= 4 is 11.3 Å². The zero-order chi connectivity index (χ0) is 12.3. The largest absolute Gasteiger partial charge is 0.309 e. The highest BCUT2D eigenvalue weighted by atomic mass is 32.1. The molecule has 17 heavy (non-hydrogen) atoms. The van der Waals surface area contributed by atoms with E-state index in [-0.39, 0.29) is 0 Å². The summed E-state index contributed by atoms with van der Waals surface area (Å²) in [5.74, 6) is 0. The third-order valence-corrected chi connectivity index (χ3v) is 5.35. The molecule has 2 heteroatoms. The van der Waals surface area contributed by atoms with Crippen LogP contribution in [0.15, 0.2) is 11.4 Å². The van der Waals surface area contributed by atoms with Crippen molar-refractivity contribution in [2.45, 2.75) is 58.9 Å². The van der Waals surface area contributed by atoms with Crippen LogP contribution >= 0.6 is 11.3 Å². The summed E-state index contributed by atoms with van der Waals surface area (Å²) in [5.41, 5.74) is 1.93. The fraction of sp³-hybridized carbons (Fsp3) is 0.733. The number of aryl methyl sites for hydroxylation is 1. The highest BCUT2D eigenvalue weighted by Crippen LogP contribution is 2.47. The molecule has 1 fully saturated rings. The van der Waals surface area contributed by atoms with Gasteiger partial charge in [-0.3, -0.25) is 0 Å². The molecule has 0 amide bonds. The third-order valence-electron chi connectivity index (χ3n) is 4.26. The van der Waals surface area contributed by atoms with Crippen LogP contribution in [0.3, 0.4) is 0 Å². The number of nitrogens with one attached hydrogen (secondary N) is 1. The molecular weight excluding hydrogens is 226 g/mol. The maximum Gasteiger partial charge on any atom is 0.0471 e. The van der Waals surface area contributed by atoms with Crippen molar-refractivity contribution in [2.24, 2.45) is 5.41 Å². The van der Waals surface area contributed by atoms with Gasteiger partial charge in [0.15, 0.2) is 0 Å². The maximum atomic E-state index is 3.75. The summed E-state index contributed by atoms with van der Waals surface area (Å²) < 4.78 is 0. The Balaban J connectivity index is 2.25. The van der Waals surface area contributed by atoms with Gasteiger partial charge in [-0.05, 0) is 48.7 Å². The minimum atomic E-state index is 0.462. The van der Waals surface area contributed by atoms with Gasteiger partial charge in [-0.25, -0.2) is 0 Å². The highest BCUT2D eigenvalue weighted by Gasteiger charge is 2.37. The predicted molar refractivity (Wildman–Crippen MR) is 76.7 cm³/mol. The first-order valence-electron chi connectivity index (χ1n) is 6.95. The SMILES string of the molecule is CCNC(c1sccc1C)C1(C)CCCCC1. The summed E-state index contributed by atoms with van der Waals surface area (Å²) in [6.45, 7) is 8.03. The molecule has 1 N–H and O–H groups in total. The number of hydrogen-bond donors (Lipinski definition) is 1. The van der Waals surface area contributed by atoms with Gasteiger partial charge in [-0.2, -0.15) is 0 Å². The second-order valence-electron chi connectivity index (χ2n) is 5.67. The Bertz CT molecular complexity index is 350. The maximum absolute atomic E-state index is 3.75. The van der Waals surface area contributed by atoms with E-state index < -0.39 is 0 Å². The molecule has 0 bridgehead atoms. The van der Waals surface area contributed by atoms with Gasteiger partial charge in [0.2, 0.25) is 0 Å². The Morgan fingerprint density at radius 2 is 2.06 bits per heavy atom. The molecule has 0 aromatic carbocycles. The second kappa shape index (κ2) is 5.53. The van der Waals surface area contributed by atoms with E-state index in [9.17, 15) is 0 Å². The lowest BCUT2D eigenvalue weighted by atomic mass is 9.69. The van der Waals surface area contributed by atoms with Crippen molar-refractivity contribution in [2.75, 3.05) is 6.54 Å². The molecule has 2 rings (SSSR count). The monoisotopic (exact) mass is 251 g/mol. The molecule has 0 spiro atoms. The van der Waals surface area contributed by atoms with Gasteiger partial charge >= 0.3 is 0 Å². The lowest BCUT2D eigenvalue weighted by Gasteiger charge is -2.41. The smallest absolute Gasteiger partial charge is 0.0471 e. The van der Waals surface area contributed by atoms with Crippen LogP contribution in [0.25, 0.3) is 0 Å². The van der Waals surface area contributed by atoms with Crippen molar-refractivity contribution in [1.29, 1.82) is 0 Å². The molecule has 1 unspecified atom stereocenters. The van der Waals surface area contributed by atoms with Crippen LogP contribution in [0.4, 0.5) is 0 Å². The lowest BCUT2D eigenvalue weighted by Crippen LogP contribution is -2.37. The molecule has 96 valence electrons. The quantitative estimate of drug-likeness (QED) is 0.819. The summed E-state index contributed by atoms with van der Waals surface area (Å²) in [7, 11) is 0. The third kappa shape index (κ3) is 2.74. The van der Waals surface area contributed by atoms with Crippen LogP contribution in [0.5, 0.6) is 0 Å². The number of rotatable bonds is 4. The van der Waals surface area contributed by atoms with Crippen LogP contribution in [0.1, 0.15) is 62.4 Å². The predicted octanol–water partition coefficient (Wildman–Crippen LogP) is 4.68. The van der Waals surface area contributed by atoms with E-state index in [1.54, 1.807) is 4.88 Å². The summed E-state index contributed by atoms with van der Waals surface area (Å²) in [6.07, 6.45) is 6.99. The van der Waals surface area contributed by atoms with Crippen molar-refractivity contribution in [3.63, 3.8) is 0 Å². The van der Waals surface area contributed by atoms with Gasteiger partial charge in [0.1, 0.15) is 0 Å². The van der Waals surface area contributed by atoms with Gasteiger partial charge in [-0.1, -0.05) is 33.1 Å². The van der Waals surface area contributed by atoms with Gasteiger partial charge in [0.05, 0.1) is 0 Å². The average Bonchev–Trinajstić information content (AvgIpc) is 2.73. The van der Waals surface area contributed by atoms with Crippen LogP contribution in [-0.2, 0) is 0 Å². The summed E-state index contributed by atoms with van der Waals surface area (Å²) >= 11 is 1.93. The summed E-state index contributed by atoms with van der Waals surface area (Å²) in [4.78, 5) is 1.57. The molecular formula is C15H25NS. The Morgan fingerprint density at radius 3 is 2.59 bits per heavy atom. The van der Waals surface area contributed by atoms with Gasteiger partial charge in [0, 0.05) is 10.9 Å². The standard InChI is InChI=1S/C15H25NS/c1-4-16-14(13-12(2)8-11-17-13)15(3)9-6-5-7-10-15/h8,11,14,16H,4-7,9-10H2,1-3H3. The Hall–Kier alpha value is -0.340. The van der Waals surface area contributed by atoms with E-state index >= 15 is 0 Å². The van der Waals surface area contributed by atoms with Crippen LogP contribution in [0, 0.1) is 12.3 Å². The summed E-state index contributed by atoms with van der Waals surface area (Å²) in [5, 5.41) is 5.98. The fourth-order valence-electron chi connectivity index (χ4n) is 3.19. The second-order valence-corrected chi connectivity index (χ2v) is 6.62. The minimum Gasteiger partial charge on any atom is -0.309 e. The summed E-state index contributed by atoms with van der Waals surface area (Å²) in [6, 6.07) is 2.82. The zero-order valence-electron chi connectivity index (χ0n) is 11.4. The molecule has 1 heterocycles. The van der Waals surface area contributed by atoms with E-state index in [0.717, 1.165) is 6.54 Å². The highest BCUT2D eigenvalue weighted by molar-refractivity contribution is 7.10. The fourth-order valence-corrected chi connectivity index (χ4v) is 4.36. The first-order chi connectivity index (χ1) is 8.17. The minimum absolute atomic E-state index is 0.462. The Morgan fingerprint density at radius 1 is 1.35 bits per heavy atom. The van der Waals surface area contributed by atoms with Crippen LogP contribution in [0.2, 0.25) is 0 Å². The molecule has 0 aliphatic heterocycles. The normalized spacial score (nSPS) is 21.4. The van der Waals surface area contributed by atoms with Crippen LogP contribution in [-0.4, -0.2) is 6.54 Å². The number of hydrogen-bond acceptors (Lipinski definition) is 2. The zero-order valence-corrected chi connectivity index (χ0v) is 12.2. The molecule has 1 aliphatic rings. The van der Waals surface area contributed by atoms with Crippen LogP contribution < -0.4 is 5.32 Å². The molecule has 1 atom stereocenters. The van der Waals surface area contributed by atoms with Crippen molar-refractivity contribution < 1.29 is 0 Å². The van der Waals surface area contributed by atoms with E-state index in [1.165, 1.54) is 37.7 Å². The van der Waals surface area contributed by atoms with Gasteiger partial charge < -0.3 is 5.32 Å². The first kappa shape index (κ1) is 13.1. The molecule has 1 aromatic rings. The van der Waals surface area contributed by atoms with Crippen molar-refractivity contribution in [1.82, 2.24) is 5.32 Å².